The molecule has 2 aromatic heterocycles. The Morgan fingerprint density at radius 3 is 2.43 bits per heavy atom. The number of amides is 2. The van der Waals surface area contributed by atoms with Crippen molar-refractivity contribution in [1.29, 1.82) is 0 Å². The summed E-state index contributed by atoms with van der Waals surface area (Å²) in [5.74, 6) is -1.91. The number of aryl methyl sites for hydroxylation is 1. The fourth-order valence-electron chi connectivity index (χ4n) is 4.12. The largest absolute Gasteiger partial charge is 0.480 e. The van der Waals surface area contributed by atoms with Gasteiger partial charge in [0.25, 0.3) is 5.91 Å². The van der Waals surface area contributed by atoms with Crippen molar-refractivity contribution >= 4 is 40.0 Å². The number of hydrogen-bond donors (Lipinski definition) is 3. The van der Waals surface area contributed by atoms with E-state index in [0.29, 0.717) is 4.88 Å². The zero-order chi connectivity index (χ0) is 24.9. The van der Waals surface area contributed by atoms with E-state index in [-0.39, 0.29) is 18.7 Å². The molecule has 0 saturated carbocycles. The molecule has 0 bridgehead atoms. The fraction of sp³-hybridized carbons (Fsp3) is 0.222. The van der Waals surface area contributed by atoms with E-state index in [2.05, 4.69) is 10.3 Å². The standard InChI is InChI=1S/C27H27N3O4S/c1-17-12-13-35-24(17)26(32)30(2)23(14-18-8-4-3-5-9-18)25(31)29-22(27(33)34)15-19-16-28-21-11-7-6-10-20(19)21/h3-13,16,22-23,28H,14-15H2,1-2H3,(H,29,31)(H,33,34)/t22-,23+/m0/s1. The second kappa shape index (κ2) is 10.6. The molecule has 0 aliphatic rings. The first-order valence-corrected chi connectivity index (χ1v) is 12.2. The zero-order valence-corrected chi connectivity index (χ0v) is 20.3. The van der Waals surface area contributed by atoms with Gasteiger partial charge in [-0.25, -0.2) is 4.79 Å². The van der Waals surface area contributed by atoms with Crippen LogP contribution in [0.15, 0.2) is 72.2 Å². The molecule has 2 atom stereocenters. The number of para-hydroxylation sites is 1. The maximum Gasteiger partial charge on any atom is 0.326 e. The van der Waals surface area contributed by atoms with E-state index >= 15 is 0 Å². The molecule has 0 saturated heterocycles. The average Bonchev–Trinajstić information content (AvgIpc) is 3.47. The van der Waals surface area contributed by atoms with Crippen molar-refractivity contribution < 1.29 is 19.5 Å². The molecular weight excluding hydrogens is 462 g/mol. The molecule has 0 aliphatic carbocycles. The van der Waals surface area contributed by atoms with Gasteiger partial charge < -0.3 is 20.3 Å². The first kappa shape index (κ1) is 24.2. The highest BCUT2D eigenvalue weighted by molar-refractivity contribution is 7.12. The minimum absolute atomic E-state index is 0.116. The molecule has 35 heavy (non-hydrogen) atoms. The van der Waals surface area contributed by atoms with Crippen molar-refractivity contribution in [2.75, 3.05) is 7.05 Å². The molecule has 8 heteroatoms. The zero-order valence-electron chi connectivity index (χ0n) is 19.5. The van der Waals surface area contributed by atoms with Gasteiger partial charge in [0.05, 0.1) is 4.88 Å². The normalized spacial score (nSPS) is 12.7. The number of nitrogens with zero attached hydrogens (tertiary/aromatic N) is 1. The van der Waals surface area contributed by atoms with Crippen molar-refractivity contribution in [3.05, 3.63) is 93.8 Å². The molecule has 4 aromatic rings. The summed E-state index contributed by atoms with van der Waals surface area (Å²) in [5.41, 5.74) is 3.41. The molecule has 2 amide bonds. The number of hydrogen-bond acceptors (Lipinski definition) is 4. The number of rotatable bonds is 9. The third-order valence-electron chi connectivity index (χ3n) is 6.13. The van der Waals surface area contributed by atoms with Crippen LogP contribution in [-0.4, -0.2) is 51.9 Å². The smallest absolute Gasteiger partial charge is 0.326 e. The number of carbonyl (C=O) groups is 3. The number of carbonyl (C=O) groups excluding carboxylic acids is 2. The summed E-state index contributed by atoms with van der Waals surface area (Å²) in [6, 6.07) is 16.8. The molecule has 3 N–H and O–H groups in total. The van der Waals surface area contributed by atoms with Crippen molar-refractivity contribution in [2.45, 2.75) is 31.8 Å². The minimum atomic E-state index is -1.15. The van der Waals surface area contributed by atoms with Crippen LogP contribution in [0.4, 0.5) is 0 Å². The minimum Gasteiger partial charge on any atom is -0.480 e. The number of aromatic amines is 1. The van der Waals surface area contributed by atoms with Crippen LogP contribution in [0.2, 0.25) is 0 Å². The van der Waals surface area contributed by atoms with Crippen molar-refractivity contribution in [3.63, 3.8) is 0 Å². The van der Waals surface area contributed by atoms with Crippen LogP contribution in [0, 0.1) is 6.92 Å². The Kier molecular flexibility index (Phi) is 7.31. The molecule has 2 aromatic carbocycles. The number of likely N-dealkylation sites (N-methyl/N-ethyl adjacent to an activating group) is 1. The molecule has 4 rings (SSSR count). The Bertz CT molecular complexity index is 1340. The highest BCUT2D eigenvalue weighted by atomic mass is 32.1. The van der Waals surface area contributed by atoms with Gasteiger partial charge in [-0.2, -0.15) is 0 Å². The second-order valence-corrected chi connectivity index (χ2v) is 9.43. The highest BCUT2D eigenvalue weighted by Gasteiger charge is 2.32. The first-order valence-electron chi connectivity index (χ1n) is 11.3. The molecule has 7 nitrogen and oxygen atoms in total. The summed E-state index contributed by atoms with van der Waals surface area (Å²) in [4.78, 5) is 43.9. The van der Waals surface area contributed by atoms with E-state index in [9.17, 15) is 19.5 Å². The SMILES string of the molecule is Cc1ccsc1C(=O)N(C)[C@H](Cc1ccccc1)C(=O)N[C@@H](Cc1c[nH]c2ccccc12)C(=O)O. The van der Waals surface area contributed by atoms with Crippen molar-refractivity contribution in [2.24, 2.45) is 0 Å². The molecule has 0 fully saturated rings. The lowest BCUT2D eigenvalue weighted by Crippen LogP contribution is -2.53. The number of thiophene rings is 1. The molecule has 0 spiro atoms. The summed E-state index contributed by atoms with van der Waals surface area (Å²) in [7, 11) is 1.59. The maximum atomic E-state index is 13.5. The Morgan fingerprint density at radius 2 is 1.74 bits per heavy atom. The quantitative estimate of drug-likeness (QED) is 0.330. The predicted molar refractivity (Wildman–Crippen MR) is 137 cm³/mol. The van der Waals surface area contributed by atoms with E-state index in [0.717, 1.165) is 27.6 Å². The van der Waals surface area contributed by atoms with Crippen LogP contribution in [0.3, 0.4) is 0 Å². The third-order valence-corrected chi connectivity index (χ3v) is 7.14. The van der Waals surface area contributed by atoms with Gasteiger partial charge in [0, 0.05) is 37.0 Å². The van der Waals surface area contributed by atoms with Crippen LogP contribution >= 0.6 is 11.3 Å². The van der Waals surface area contributed by atoms with Crippen molar-refractivity contribution in [3.8, 4) is 0 Å². The van der Waals surface area contributed by atoms with Crippen LogP contribution < -0.4 is 5.32 Å². The summed E-state index contributed by atoms with van der Waals surface area (Å²) in [6.07, 6.45) is 2.15. The summed E-state index contributed by atoms with van der Waals surface area (Å²) in [6.45, 7) is 1.85. The van der Waals surface area contributed by atoms with E-state index in [4.69, 9.17) is 0 Å². The average molecular weight is 490 g/mol. The molecule has 180 valence electrons. The van der Waals surface area contributed by atoms with Gasteiger partial charge in [-0.15, -0.1) is 11.3 Å². The number of benzene rings is 2. The number of fused-ring (bicyclic) bond motifs is 1. The van der Waals surface area contributed by atoms with Gasteiger partial charge in [-0.3, -0.25) is 9.59 Å². The lowest BCUT2D eigenvalue weighted by Gasteiger charge is -2.28. The molecule has 2 heterocycles. The topological polar surface area (TPSA) is 103 Å². The van der Waals surface area contributed by atoms with Gasteiger partial charge in [-0.05, 0) is 41.1 Å². The number of aliphatic carboxylic acids is 1. The van der Waals surface area contributed by atoms with Crippen molar-refractivity contribution in [1.82, 2.24) is 15.2 Å². The first-order chi connectivity index (χ1) is 16.8. The summed E-state index contributed by atoms with van der Waals surface area (Å²) < 4.78 is 0. The van der Waals surface area contributed by atoms with E-state index in [1.807, 2.05) is 73.0 Å². The number of H-pyrrole nitrogens is 1. The fourth-order valence-corrected chi connectivity index (χ4v) is 5.03. The van der Waals surface area contributed by atoms with Gasteiger partial charge in [0.1, 0.15) is 12.1 Å². The molecule has 0 unspecified atom stereocenters. The number of nitrogens with one attached hydrogen (secondary N) is 2. The van der Waals surface area contributed by atoms with Crippen LogP contribution in [-0.2, 0) is 22.4 Å². The summed E-state index contributed by atoms with van der Waals surface area (Å²) >= 11 is 1.32. The summed E-state index contributed by atoms with van der Waals surface area (Å²) in [5, 5.41) is 15.3. The number of aromatic nitrogens is 1. The Morgan fingerprint density at radius 1 is 1.03 bits per heavy atom. The number of carboxylic acid groups (broad SMARTS) is 1. The predicted octanol–water partition coefficient (Wildman–Crippen LogP) is 4.03. The number of carboxylic acids is 1. The van der Waals surface area contributed by atoms with Gasteiger partial charge >= 0.3 is 5.97 Å². The van der Waals surface area contributed by atoms with Crippen LogP contribution in [0.25, 0.3) is 10.9 Å². The second-order valence-electron chi connectivity index (χ2n) is 8.52. The Hall–Kier alpha value is -3.91. The molecule has 0 radical (unpaired) electrons. The van der Waals surface area contributed by atoms with E-state index in [1.165, 1.54) is 16.2 Å². The van der Waals surface area contributed by atoms with E-state index < -0.39 is 24.0 Å². The maximum absolute atomic E-state index is 13.5. The highest BCUT2D eigenvalue weighted by Crippen LogP contribution is 2.21. The van der Waals surface area contributed by atoms with Crippen LogP contribution in [0.1, 0.15) is 26.4 Å². The van der Waals surface area contributed by atoms with E-state index in [1.54, 1.807) is 13.2 Å². The van der Waals surface area contributed by atoms with Crippen LogP contribution in [0.5, 0.6) is 0 Å². The van der Waals surface area contributed by atoms with Gasteiger partial charge in [0.15, 0.2) is 0 Å². The lowest BCUT2D eigenvalue weighted by molar-refractivity contribution is -0.142. The molecule has 0 aliphatic heterocycles. The van der Waals surface area contributed by atoms with Gasteiger partial charge in [0.2, 0.25) is 5.91 Å². The molecular formula is C27H27N3O4S. The monoisotopic (exact) mass is 489 g/mol. The lowest BCUT2D eigenvalue weighted by atomic mass is 10.0. The van der Waals surface area contributed by atoms with Gasteiger partial charge in [-0.1, -0.05) is 48.5 Å². The Labute approximate surface area is 207 Å². The third kappa shape index (κ3) is 5.44. The Balaban J connectivity index is 1.58.